The van der Waals surface area contributed by atoms with E-state index in [2.05, 4.69) is 186 Å². The van der Waals surface area contributed by atoms with Gasteiger partial charge in [0.2, 0.25) is 0 Å². The lowest BCUT2D eigenvalue weighted by Crippen LogP contribution is -2.42. The fourth-order valence-electron chi connectivity index (χ4n) is 8.67. The average Bonchev–Trinajstić information content (AvgIpc) is 3.57. The standard InChI is InChI=1S/C49H43NO/c1-47(2)42-30-36-16-10-11-17-39(36)46(45(42)48(3,4)49(47,5)6)50(37-25-20-33(21-26-37)32-14-8-7-9-15-32)38-27-22-34(23-28-38)35-24-29-41-40-18-12-13-19-43(40)51-44(41)31-35/h7-31H,1-6H3. The molecular weight excluding hydrogens is 619 g/mol. The van der Waals surface area contributed by atoms with Crippen molar-refractivity contribution in [3.05, 3.63) is 163 Å². The molecule has 2 nitrogen and oxygen atoms in total. The molecule has 8 aromatic rings. The van der Waals surface area contributed by atoms with Gasteiger partial charge in [0.25, 0.3) is 0 Å². The Morgan fingerprint density at radius 1 is 0.431 bits per heavy atom. The molecule has 0 saturated heterocycles. The maximum Gasteiger partial charge on any atom is 0.136 e. The van der Waals surface area contributed by atoms with Crippen molar-refractivity contribution in [1.82, 2.24) is 0 Å². The van der Waals surface area contributed by atoms with Crippen LogP contribution in [0.2, 0.25) is 0 Å². The second-order valence-corrected chi connectivity index (χ2v) is 15.8. The number of hydrogen-bond acceptors (Lipinski definition) is 2. The minimum atomic E-state index is -0.102. The molecule has 1 aliphatic rings. The Kier molecular flexibility index (Phi) is 6.89. The van der Waals surface area contributed by atoms with Gasteiger partial charge in [-0.15, -0.1) is 0 Å². The highest BCUT2D eigenvalue weighted by molar-refractivity contribution is 6.06. The van der Waals surface area contributed by atoms with Crippen LogP contribution < -0.4 is 4.90 Å². The van der Waals surface area contributed by atoms with Gasteiger partial charge in [-0.2, -0.15) is 0 Å². The topological polar surface area (TPSA) is 16.4 Å². The summed E-state index contributed by atoms with van der Waals surface area (Å²) in [6.07, 6.45) is 0. The van der Waals surface area contributed by atoms with Crippen molar-refractivity contribution in [2.45, 2.75) is 52.4 Å². The first-order valence-electron chi connectivity index (χ1n) is 18.1. The van der Waals surface area contributed by atoms with Gasteiger partial charge in [0, 0.05) is 27.5 Å². The van der Waals surface area contributed by atoms with E-state index in [1.165, 1.54) is 38.7 Å². The summed E-state index contributed by atoms with van der Waals surface area (Å²) in [6, 6.07) is 55.1. The Morgan fingerprint density at radius 2 is 0.961 bits per heavy atom. The van der Waals surface area contributed by atoms with Crippen LogP contribution in [0.5, 0.6) is 0 Å². The maximum absolute atomic E-state index is 6.26. The largest absolute Gasteiger partial charge is 0.456 e. The number of fused-ring (bicyclic) bond motifs is 5. The molecule has 250 valence electrons. The van der Waals surface area contributed by atoms with Gasteiger partial charge >= 0.3 is 0 Å². The van der Waals surface area contributed by atoms with E-state index in [0.717, 1.165) is 44.4 Å². The van der Waals surface area contributed by atoms with Crippen molar-refractivity contribution >= 4 is 49.8 Å². The van der Waals surface area contributed by atoms with Gasteiger partial charge < -0.3 is 9.32 Å². The van der Waals surface area contributed by atoms with E-state index in [4.69, 9.17) is 4.42 Å². The molecule has 1 heterocycles. The quantitative estimate of drug-likeness (QED) is 0.182. The maximum atomic E-state index is 6.26. The summed E-state index contributed by atoms with van der Waals surface area (Å²) >= 11 is 0. The minimum Gasteiger partial charge on any atom is -0.456 e. The number of para-hydroxylation sites is 1. The summed E-state index contributed by atoms with van der Waals surface area (Å²) in [6.45, 7) is 14.7. The molecule has 0 N–H and O–H groups in total. The highest BCUT2D eigenvalue weighted by Gasteiger charge is 2.58. The number of furan rings is 1. The van der Waals surface area contributed by atoms with Gasteiger partial charge in [0.1, 0.15) is 11.2 Å². The molecule has 7 aromatic carbocycles. The summed E-state index contributed by atoms with van der Waals surface area (Å²) in [5, 5.41) is 4.84. The summed E-state index contributed by atoms with van der Waals surface area (Å²) in [5.74, 6) is 0. The zero-order chi connectivity index (χ0) is 35.1. The second kappa shape index (κ2) is 11.2. The van der Waals surface area contributed by atoms with E-state index < -0.39 is 0 Å². The molecule has 0 aliphatic heterocycles. The van der Waals surface area contributed by atoms with Crippen LogP contribution in [0.25, 0.3) is 55.0 Å². The first-order valence-corrected chi connectivity index (χ1v) is 18.1. The predicted molar refractivity (Wildman–Crippen MR) is 217 cm³/mol. The highest BCUT2D eigenvalue weighted by Crippen LogP contribution is 2.65. The van der Waals surface area contributed by atoms with Crippen molar-refractivity contribution in [3.63, 3.8) is 0 Å². The van der Waals surface area contributed by atoms with Crippen LogP contribution in [0.15, 0.2) is 156 Å². The predicted octanol–water partition coefficient (Wildman–Crippen LogP) is 14.1. The van der Waals surface area contributed by atoms with Gasteiger partial charge in [-0.25, -0.2) is 0 Å². The molecule has 0 bridgehead atoms. The SMILES string of the molecule is CC1(C)c2cc3ccccc3c(N(c3ccc(-c4ccccc4)cc3)c3ccc(-c4ccc5c(c4)oc4ccccc45)cc3)c2C(C)(C)C1(C)C. The normalized spacial score (nSPS) is 15.7. The number of hydrogen-bond donors (Lipinski definition) is 0. The van der Waals surface area contributed by atoms with Crippen LogP contribution in [0.4, 0.5) is 17.1 Å². The van der Waals surface area contributed by atoms with E-state index in [1.54, 1.807) is 0 Å². The van der Waals surface area contributed by atoms with Crippen molar-refractivity contribution in [3.8, 4) is 22.3 Å². The van der Waals surface area contributed by atoms with Gasteiger partial charge in [0.15, 0.2) is 0 Å². The van der Waals surface area contributed by atoms with Crippen LogP contribution in [-0.4, -0.2) is 0 Å². The van der Waals surface area contributed by atoms with Crippen molar-refractivity contribution < 1.29 is 4.42 Å². The molecule has 0 spiro atoms. The van der Waals surface area contributed by atoms with Gasteiger partial charge in [-0.05, 0) is 97.5 Å². The zero-order valence-corrected chi connectivity index (χ0v) is 30.3. The fraction of sp³-hybridized carbons (Fsp3) is 0.184. The third-order valence-corrected chi connectivity index (χ3v) is 12.7. The van der Waals surface area contributed by atoms with E-state index in [9.17, 15) is 0 Å². The van der Waals surface area contributed by atoms with Crippen molar-refractivity contribution in [2.24, 2.45) is 5.41 Å². The smallest absolute Gasteiger partial charge is 0.136 e. The second-order valence-electron chi connectivity index (χ2n) is 15.8. The Labute approximate surface area is 301 Å². The minimum absolute atomic E-state index is 0.0104. The number of nitrogens with zero attached hydrogens (tertiary/aromatic N) is 1. The average molecular weight is 662 g/mol. The van der Waals surface area contributed by atoms with Crippen LogP contribution in [0.1, 0.15) is 52.7 Å². The molecule has 1 aliphatic carbocycles. The lowest BCUT2D eigenvalue weighted by atomic mass is 9.59. The van der Waals surface area contributed by atoms with Gasteiger partial charge in [-0.1, -0.05) is 151 Å². The molecule has 2 heteroatoms. The Hall–Kier alpha value is -5.60. The van der Waals surface area contributed by atoms with E-state index in [1.807, 2.05) is 12.1 Å². The summed E-state index contributed by atoms with van der Waals surface area (Å²) in [7, 11) is 0. The summed E-state index contributed by atoms with van der Waals surface area (Å²) < 4.78 is 6.26. The Morgan fingerprint density at radius 3 is 1.65 bits per heavy atom. The molecule has 0 amide bonds. The number of benzene rings is 7. The van der Waals surface area contributed by atoms with Crippen LogP contribution in [0, 0.1) is 5.41 Å². The Balaban J connectivity index is 1.25. The summed E-state index contributed by atoms with van der Waals surface area (Å²) in [5.41, 5.74) is 12.9. The molecule has 0 radical (unpaired) electrons. The molecular formula is C49H43NO. The molecule has 9 rings (SSSR count). The van der Waals surface area contributed by atoms with E-state index >= 15 is 0 Å². The van der Waals surface area contributed by atoms with E-state index in [-0.39, 0.29) is 16.2 Å². The zero-order valence-electron chi connectivity index (χ0n) is 30.3. The van der Waals surface area contributed by atoms with Gasteiger partial charge in [0.05, 0.1) is 5.69 Å². The first-order chi connectivity index (χ1) is 24.6. The fourth-order valence-corrected chi connectivity index (χ4v) is 8.67. The summed E-state index contributed by atoms with van der Waals surface area (Å²) in [4.78, 5) is 2.52. The first kappa shape index (κ1) is 31.4. The van der Waals surface area contributed by atoms with Crippen molar-refractivity contribution in [2.75, 3.05) is 4.90 Å². The third kappa shape index (κ3) is 4.62. The molecule has 0 saturated carbocycles. The number of rotatable bonds is 5. The molecule has 0 fully saturated rings. The lowest BCUT2D eigenvalue weighted by Gasteiger charge is -2.45. The highest BCUT2D eigenvalue weighted by atomic mass is 16.3. The molecule has 0 unspecified atom stereocenters. The van der Waals surface area contributed by atoms with Crippen LogP contribution in [-0.2, 0) is 10.8 Å². The molecule has 51 heavy (non-hydrogen) atoms. The number of anilines is 3. The lowest BCUT2D eigenvalue weighted by molar-refractivity contribution is 0.125. The molecule has 1 aromatic heterocycles. The van der Waals surface area contributed by atoms with Crippen LogP contribution in [0.3, 0.4) is 0 Å². The Bertz CT molecular complexity index is 2590. The van der Waals surface area contributed by atoms with Crippen molar-refractivity contribution in [1.29, 1.82) is 0 Å². The van der Waals surface area contributed by atoms with Crippen LogP contribution >= 0.6 is 0 Å². The van der Waals surface area contributed by atoms with E-state index in [0.29, 0.717) is 0 Å². The monoisotopic (exact) mass is 661 g/mol. The third-order valence-electron chi connectivity index (χ3n) is 12.7. The molecule has 0 atom stereocenters. The van der Waals surface area contributed by atoms with Gasteiger partial charge in [-0.3, -0.25) is 0 Å².